The molecule has 1 aliphatic rings. The molecule has 7 heteroatoms. The Kier molecular flexibility index (Phi) is 10.1. The molecule has 21 heavy (non-hydrogen) atoms. The average molecular weight is 297 g/mol. The van der Waals surface area contributed by atoms with Gasteiger partial charge in [0.25, 0.3) is 0 Å². The highest BCUT2D eigenvalue weighted by molar-refractivity contribution is 6.04. The first-order valence-corrected chi connectivity index (χ1v) is 6.58. The molecular formula is C14H19NO6. The summed E-state index contributed by atoms with van der Waals surface area (Å²) in [4.78, 5) is 40.8. The van der Waals surface area contributed by atoms with Gasteiger partial charge in [0, 0.05) is 30.8 Å². The Morgan fingerprint density at radius 2 is 1.76 bits per heavy atom. The number of carboxylic acid groups (broad SMARTS) is 1. The van der Waals surface area contributed by atoms with Crippen LogP contribution in [0.1, 0.15) is 32.6 Å². The van der Waals surface area contributed by atoms with Crippen molar-refractivity contribution >= 4 is 23.8 Å². The first kappa shape index (κ1) is 18.6. The monoisotopic (exact) mass is 297 g/mol. The lowest BCUT2D eigenvalue weighted by Gasteiger charge is -2.00. The minimum absolute atomic E-state index is 0.344. The van der Waals surface area contributed by atoms with Crippen molar-refractivity contribution in [1.29, 1.82) is 0 Å². The molecule has 0 spiro atoms. The SMILES string of the molecule is CCCCCCNC(=O)/C=C\C(=O)O.O=C1C=CC(=O)O1. The summed E-state index contributed by atoms with van der Waals surface area (Å²) in [5.41, 5.74) is 0. The number of aliphatic carboxylic acids is 1. The smallest absolute Gasteiger partial charge is 0.338 e. The second kappa shape index (κ2) is 11.4. The van der Waals surface area contributed by atoms with Crippen molar-refractivity contribution in [3.63, 3.8) is 0 Å². The van der Waals surface area contributed by atoms with Crippen LogP contribution in [0.25, 0.3) is 0 Å². The van der Waals surface area contributed by atoms with Gasteiger partial charge in [0.1, 0.15) is 0 Å². The van der Waals surface area contributed by atoms with Crippen molar-refractivity contribution in [1.82, 2.24) is 5.32 Å². The first-order chi connectivity index (χ1) is 9.95. The standard InChI is InChI=1S/C10H17NO3.C4H2O3/c1-2-3-4-5-8-11-9(12)6-7-10(13)14;5-3-1-2-4(6)7-3/h6-7H,2-5,8H2,1H3,(H,11,12)(H,13,14);1-2H/b7-6-;. The van der Waals surface area contributed by atoms with Gasteiger partial charge in [-0.05, 0) is 6.42 Å². The van der Waals surface area contributed by atoms with Crippen LogP contribution in [-0.2, 0) is 23.9 Å². The zero-order chi connectivity index (χ0) is 16.1. The van der Waals surface area contributed by atoms with Crippen LogP contribution < -0.4 is 5.32 Å². The highest BCUT2D eigenvalue weighted by Gasteiger charge is 2.10. The number of amides is 1. The first-order valence-electron chi connectivity index (χ1n) is 6.58. The van der Waals surface area contributed by atoms with Crippen LogP contribution >= 0.6 is 0 Å². The molecule has 0 aliphatic carbocycles. The van der Waals surface area contributed by atoms with Crippen molar-refractivity contribution < 1.29 is 29.0 Å². The molecule has 0 radical (unpaired) electrons. The summed E-state index contributed by atoms with van der Waals surface area (Å²) >= 11 is 0. The molecule has 0 bridgehead atoms. The number of esters is 2. The Bertz CT molecular complexity index is 423. The highest BCUT2D eigenvalue weighted by Crippen LogP contribution is 1.96. The summed E-state index contributed by atoms with van der Waals surface area (Å²) in [7, 11) is 0. The molecule has 0 saturated carbocycles. The summed E-state index contributed by atoms with van der Waals surface area (Å²) in [6, 6.07) is 0. The van der Waals surface area contributed by atoms with Gasteiger partial charge in [0.05, 0.1) is 0 Å². The summed E-state index contributed by atoms with van der Waals surface area (Å²) in [5, 5.41) is 10.8. The molecule has 1 aliphatic heterocycles. The van der Waals surface area contributed by atoms with E-state index in [1.807, 2.05) is 0 Å². The maximum Gasteiger partial charge on any atom is 0.338 e. The van der Waals surface area contributed by atoms with E-state index in [-0.39, 0.29) is 5.91 Å². The minimum atomic E-state index is -1.11. The zero-order valence-corrected chi connectivity index (χ0v) is 11.8. The summed E-state index contributed by atoms with van der Waals surface area (Å²) < 4.78 is 3.97. The molecule has 0 aromatic rings. The molecule has 1 heterocycles. The molecule has 0 saturated heterocycles. The number of cyclic esters (lactones) is 2. The van der Waals surface area contributed by atoms with Crippen LogP contribution in [0.4, 0.5) is 0 Å². The van der Waals surface area contributed by atoms with Gasteiger partial charge >= 0.3 is 17.9 Å². The number of carbonyl (C=O) groups is 4. The predicted molar refractivity (Wildman–Crippen MR) is 74.2 cm³/mol. The molecule has 0 atom stereocenters. The maximum absolute atomic E-state index is 10.9. The van der Waals surface area contributed by atoms with E-state index in [1.165, 1.54) is 6.42 Å². The fourth-order valence-electron chi connectivity index (χ4n) is 1.27. The van der Waals surface area contributed by atoms with Gasteiger partial charge in [0.2, 0.25) is 5.91 Å². The molecule has 0 unspecified atom stereocenters. The third kappa shape index (κ3) is 12.3. The number of hydrogen-bond donors (Lipinski definition) is 2. The predicted octanol–water partition coefficient (Wildman–Crippen LogP) is 0.950. The van der Waals surface area contributed by atoms with Crippen LogP contribution in [0, 0.1) is 0 Å². The van der Waals surface area contributed by atoms with Gasteiger partial charge in [-0.3, -0.25) is 4.79 Å². The lowest BCUT2D eigenvalue weighted by Crippen LogP contribution is -2.22. The van der Waals surface area contributed by atoms with Crippen LogP contribution in [0.5, 0.6) is 0 Å². The Morgan fingerprint density at radius 1 is 1.14 bits per heavy atom. The number of carbonyl (C=O) groups excluding carboxylic acids is 3. The summed E-state index contributed by atoms with van der Waals surface area (Å²) in [6.45, 7) is 2.73. The van der Waals surface area contributed by atoms with E-state index in [4.69, 9.17) is 5.11 Å². The van der Waals surface area contributed by atoms with E-state index in [0.717, 1.165) is 43.6 Å². The number of unbranched alkanes of at least 4 members (excludes halogenated alkanes) is 3. The van der Waals surface area contributed by atoms with Gasteiger partial charge < -0.3 is 15.2 Å². The molecule has 0 fully saturated rings. The highest BCUT2D eigenvalue weighted by atomic mass is 16.6. The minimum Gasteiger partial charge on any atom is -0.478 e. The maximum atomic E-state index is 10.9. The topological polar surface area (TPSA) is 110 Å². The average Bonchev–Trinajstić information content (AvgIpc) is 2.80. The van der Waals surface area contributed by atoms with Crippen molar-refractivity contribution in [2.75, 3.05) is 6.54 Å². The van der Waals surface area contributed by atoms with Crippen molar-refractivity contribution in [2.24, 2.45) is 0 Å². The van der Waals surface area contributed by atoms with Crippen LogP contribution in [0.2, 0.25) is 0 Å². The number of ether oxygens (including phenoxy) is 1. The number of carboxylic acids is 1. The van der Waals surface area contributed by atoms with Crippen molar-refractivity contribution in [3.8, 4) is 0 Å². The van der Waals surface area contributed by atoms with E-state index >= 15 is 0 Å². The van der Waals surface area contributed by atoms with E-state index in [9.17, 15) is 19.2 Å². The molecule has 0 aromatic heterocycles. The Labute approximate surface area is 122 Å². The van der Waals surface area contributed by atoms with Crippen molar-refractivity contribution in [2.45, 2.75) is 32.6 Å². The summed E-state index contributed by atoms with van der Waals surface area (Å²) in [5.74, 6) is -2.61. The molecule has 1 amide bonds. The molecule has 116 valence electrons. The van der Waals surface area contributed by atoms with Gasteiger partial charge in [-0.2, -0.15) is 0 Å². The fraction of sp³-hybridized carbons (Fsp3) is 0.429. The fourth-order valence-corrected chi connectivity index (χ4v) is 1.27. The van der Waals surface area contributed by atoms with E-state index < -0.39 is 17.9 Å². The second-order valence-corrected chi connectivity index (χ2v) is 4.10. The summed E-state index contributed by atoms with van der Waals surface area (Å²) in [6.07, 6.45) is 8.40. The molecule has 7 nitrogen and oxygen atoms in total. The lowest BCUT2D eigenvalue weighted by atomic mass is 10.2. The number of hydrogen-bond acceptors (Lipinski definition) is 5. The second-order valence-electron chi connectivity index (χ2n) is 4.10. The van der Waals surface area contributed by atoms with Crippen LogP contribution in [0.15, 0.2) is 24.3 Å². The Balaban J connectivity index is 0.000000471. The van der Waals surface area contributed by atoms with E-state index in [0.29, 0.717) is 6.54 Å². The van der Waals surface area contributed by atoms with Crippen LogP contribution in [0.3, 0.4) is 0 Å². The Morgan fingerprint density at radius 3 is 2.19 bits per heavy atom. The zero-order valence-electron chi connectivity index (χ0n) is 11.8. The number of nitrogens with one attached hydrogen (secondary N) is 1. The Hall–Kier alpha value is -2.44. The molecule has 1 rings (SSSR count). The van der Waals surface area contributed by atoms with E-state index in [1.54, 1.807) is 0 Å². The van der Waals surface area contributed by atoms with E-state index in [2.05, 4.69) is 17.0 Å². The van der Waals surface area contributed by atoms with Gasteiger partial charge in [-0.15, -0.1) is 0 Å². The van der Waals surface area contributed by atoms with Gasteiger partial charge in [0.15, 0.2) is 0 Å². The van der Waals surface area contributed by atoms with Crippen molar-refractivity contribution in [3.05, 3.63) is 24.3 Å². The van der Waals surface area contributed by atoms with Gasteiger partial charge in [-0.25, -0.2) is 14.4 Å². The third-order valence-corrected chi connectivity index (χ3v) is 2.26. The van der Waals surface area contributed by atoms with Crippen LogP contribution in [-0.4, -0.2) is 35.5 Å². The molecule has 2 N–H and O–H groups in total. The third-order valence-electron chi connectivity index (χ3n) is 2.26. The lowest BCUT2D eigenvalue weighted by molar-refractivity contribution is -0.150. The molecule has 0 aromatic carbocycles. The molecular weight excluding hydrogens is 278 g/mol. The quantitative estimate of drug-likeness (QED) is 0.313. The number of rotatable bonds is 7. The van der Waals surface area contributed by atoms with Gasteiger partial charge in [-0.1, -0.05) is 26.2 Å². The normalized spacial score (nSPS) is 12.8. The largest absolute Gasteiger partial charge is 0.478 e.